The van der Waals surface area contributed by atoms with Gasteiger partial charge < -0.3 is 14.2 Å². The van der Waals surface area contributed by atoms with E-state index in [1.807, 2.05) is 12.1 Å². The molecule has 0 aliphatic rings. The van der Waals surface area contributed by atoms with Crippen molar-refractivity contribution in [3.8, 4) is 5.75 Å². The third kappa shape index (κ3) is 23.2. The van der Waals surface area contributed by atoms with Crippen LogP contribution in [0.15, 0.2) is 24.3 Å². The van der Waals surface area contributed by atoms with E-state index in [0.29, 0.717) is 5.75 Å². The Morgan fingerprint density at radius 2 is 1.32 bits per heavy atom. The number of unbranched alkanes of at least 4 members (excludes halogenated alkanes) is 5. The standard InChI is InChI=1S/C14H22O.2Na.H2O4S/c1-2-3-4-5-6-7-8-13-9-11-14(15)12-10-13;;;1-5(2,3)4/h9-12,15H,2-8H2,1H3;;;(H2,1,2,3,4)/q;2*+1;/p-2. The maximum atomic E-state index is 9.13. The topological polar surface area (TPSA) is 100 Å². The van der Waals surface area contributed by atoms with Gasteiger partial charge in [0.2, 0.25) is 0 Å². The van der Waals surface area contributed by atoms with E-state index in [1.54, 1.807) is 12.1 Å². The van der Waals surface area contributed by atoms with Gasteiger partial charge in [-0.1, -0.05) is 51.2 Å². The average Bonchev–Trinajstić information content (AvgIpc) is 2.34. The molecule has 0 aliphatic carbocycles. The minimum atomic E-state index is -5.17. The molecule has 0 unspecified atom stereocenters. The van der Waals surface area contributed by atoms with Crippen molar-refractivity contribution in [2.75, 3.05) is 0 Å². The van der Waals surface area contributed by atoms with Gasteiger partial charge in [0, 0.05) is 10.4 Å². The first kappa shape index (κ1) is 27.7. The number of phenolic OH excluding ortho intramolecular Hbond substituents is 1. The van der Waals surface area contributed by atoms with Crippen molar-refractivity contribution in [2.24, 2.45) is 0 Å². The second kappa shape index (κ2) is 16.7. The normalized spacial score (nSPS) is 9.77. The summed E-state index contributed by atoms with van der Waals surface area (Å²) >= 11 is 0. The van der Waals surface area contributed by atoms with Crippen LogP contribution in [0.4, 0.5) is 0 Å². The number of hydrogen-bond donors (Lipinski definition) is 1. The van der Waals surface area contributed by atoms with Crippen LogP contribution in [-0.4, -0.2) is 22.6 Å². The molecule has 1 aromatic rings. The van der Waals surface area contributed by atoms with Crippen molar-refractivity contribution in [1.29, 1.82) is 0 Å². The van der Waals surface area contributed by atoms with E-state index in [1.165, 1.54) is 44.1 Å². The van der Waals surface area contributed by atoms with Crippen LogP contribution in [0.5, 0.6) is 5.75 Å². The zero-order valence-corrected chi connectivity index (χ0v) is 18.6. The van der Waals surface area contributed by atoms with Gasteiger partial charge in [0.1, 0.15) is 5.75 Å². The molecule has 0 atom stereocenters. The van der Waals surface area contributed by atoms with Crippen LogP contribution < -0.4 is 59.1 Å². The van der Waals surface area contributed by atoms with Gasteiger partial charge in [0.15, 0.2) is 0 Å². The molecular formula is C14H22Na2O5S. The number of aromatic hydroxyl groups is 1. The molecule has 0 saturated carbocycles. The van der Waals surface area contributed by atoms with Crippen molar-refractivity contribution in [2.45, 2.75) is 51.9 Å². The molecule has 1 aromatic carbocycles. The fourth-order valence-electron chi connectivity index (χ4n) is 1.77. The summed E-state index contributed by atoms with van der Waals surface area (Å²) in [4.78, 5) is 0. The third-order valence-corrected chi connectivity index (χ3v) is 2.76. The Morgan fingerprint density at radius 1 is 0.909 bits per heavy atom. The van der Waals surface area contributed by atoms with Gasteiger partial charge in [-0.3, -0.25) is 8.42 Å². The van der Waals surface area contributed by atoms with E-state index < -0.39 is 10.4 Å². The Morgan fingerprint density at radius 3 is 1.77 bits per heavy atom. The second-order valence-corrected chi connectivity index (χ2v) is 5.41. The zero-order chi connectivity index (χ0) is 15.4. The molecule has 8 heteroatoms. The monoisotopic (exact) mass is 348 g/mol. The first-order valence-electron chi connectivity index (χ1n) is 6.77. The number of benzene rings is 1. The van der Waals surface area contributed by atoms with E-state index in [0.717, 1.165) is 6.42 Å². The van der Waals surface area contributed by atoms with E-state index in [-0.39, 0.29) is 59.1 Å². The Balaban J connectivity index is -0.000000452. The summed E-state index contributed by atoms with van der Waals surface area (Å²) in [5, 5.41) is 9.13. The summed E-state index contributed by atoms with van der Waals surface area (Å²) in [6.07, 6.45) is 9.19. The minimum absolute atomic E-state index is 0. The molecule has 0 heterocycles. The van der Waals surface area contributed by atoms with Crippen LogP contribution in [0, 0.1) is 0 Å². The first-order chi connectivity index (χ1) is 9.33. The molecular weight excluding hydrogens is 326 g/mol. The van der Waals surface area contributed by atoms with Crippen molar-refractivity contribution >= 4 is 10.4 Å². The van der Waals surface area contributed by atoms with Crippen molar-refractivity contribution < 1.29 is 81.7 Å². The van der Waals surface area contributed by atoms with Gasteiger partial charge in [-0.25, -0.2) is 0 Å². The molecule has 0 fully saturated rings. The summed E-state index contributed by atoms with van der Waals surface area (Å²) in [6, 6.07) is 7.57. The molecule has 1 rings (SSSR count). The van der Waals surface area contributed by atoms with Crippen molar-refractivity contribution in [3.05, 3.63) is 29.8 Å². The van der Waals surface area contributed by atoms with E-state index >= 15 is 0 Å². The Hall–Kier alpha value is 0.890. The van der Waals surface area contributed by atoms with Gasteiger partial charge in [-0.15, -0.1) is 0 Å². The fraction of sp³-hybridized carbons (Fsp3) is 0.571. The summed E-state index contributed by atoms with van der Waals surface area (Å²) in [5.41, 5.74) is 1.34. The van der Waals surface area contributed by atoms with Gasteiger partial charge in [0.05, 0.1) is 0 Å². The Bertz CT molecular complexity index is 441. The Kier molecular flexibility index (Phi) is 21.1. The summed E-state index contributed by atoms with van der Waals surface area (Å²) in [5.74, 6) is 0.363. The predicted molar refractivity (Wildman–Crippen MR) is 75.7 cm³/mol. The van der Waals surface area contributed by atoms with Gasteiger partial charge in [0.25, 0.3) is 0 Å². The smallest absolute Gasteiger partial charge is 0.759 e. The van der Waals surface area contributed by atoms with Crippen LogP contribution in [-0.2, 0) is 16.8 Å². The predicted octanol–water partition coefficient (Wildman–Crippen LogP) is -3.03. The van der Waals surface area contributed by atoms with Crippen LogP contribution in [0.25, 0.3) is 0 Å². The molecule has 1 N–H and O–H groups in total. The third-order valence-electron chi connectivity index (χ3n) is 2.76. The Labute approximate surface area is 178 Å². The van der Waals surface area contributed by atoms with Gasteiger partial charge in [-0.05, 0) is 30.5 Å². The van der Waals surface area contributed by atoms with Crippen LogP contribution >= 0.6 is 0 Å². The number of phenols is 1. The number of aryl methyl sites for hydroxylation is 1. The molecule has 22 heavy (non-hydrogen) atoms. The van der Waals surface area contributed by atoms with E-state index in [2.05, 4.69) is 6.92 Å². The molecule has 0 amide bonds. The summed E-state index contributed by atoms with van der Waals surface area (Å²) < 4.78 is 34.1. The van der Waals surface area contributed by atoms with Gasteiger partial charge >= 0.3 is 59.1 Å². The zero-order valence-electron chi connectivity index (χ0n) is 13.7. The second-order valence-electron chi connectivity index (χ2n) is 4.59. The van der Waals surface area contributed by atoms with Crippen LogP contribution in [0.3, 0.4) is 0 Å². The minimum Gasteiger partial charge on any atom is -0.759 e. The summed E-state index contributed by atoms with van der Waals surface area (Å²) in [6.45, 7) is 2.25. The molecule has 0 aromatic heterocycles. The van der Waals surface area contributed by atoms with Crippen molar-refractivity contribution in [1.82, 2.24) is 0 Å². The van der Waals surface area contributed by atoms with E-state index in [9.17, 15) is 0 Å². The van der Waals surface area contributed by atoms with E-state index in [4.69, 9.17) is 22.6 Å². The molecule has 0 saturated heterocycles. The first-order valence-corrected chi connectivity index (χ1v) is 8.11. The SMILES string of the molecule is CCCCCCCCc1ccc(O)cc1.O=S(=O)([O-])[O-].[Na+].[Na+]. The largest absolute Gasteiger partial charge is 1.00 e. The van der Waals surface area contributed by atoms with Crippen molar-refractivity contribution in [3.63, 3.8) is 0 Å². The van der Waals surface area contributed by atoms with Crippen LogP contribution in [0.1, 0.15) is 51.0 Å². The maximum absolute atomic E-state index is 9.13. The number of hydrogen-bond acceptors (Lipinski definition) is 5. The average molecular weight is 348 g/mol. The maximum Gasteiger partial charge on any atom is 1.00 e. The molecule has 0 bridgehead atoms. The van der Waals surface area contributed by atoms with Gasteiger partial charge in [-0.2, -0.15) is 0 Å². The molecule has 116 valence electrons. The molecule has 0 radical (unpaired) electrons. The number of rotatable bonds is 7. The molecule has 5 nitrogen and oxygen atoms in total. The fourth-order valence-corrected chi connectivity index (χ4v) is 1.77. The molecule has 0 spiro atoms. The quantitative estimate of drug-likeness (QED) is 0.244. The summed E-state index contributed by atoms with van der Waals surface area (Å²) in [7, 11) is -5.17. The van der Waals surface area contributed by atoms with Crippen LogP contribution in [0.2, 0.25) is 0 Å². The molecule has 0 aliphatic heterocycles.